The first kappa shape index (κ1) is 11.4. The van der Waals surface area contributed by atoms with Crippen LogP contribution in [0.3, 0.4) is 0 Å². The van der Waals surface area contributed by atoms with Gasteiger partial charge < -0.3 is 4.90 Å². The van der Waals surface area contributed by atoms with Crippen LogP contribution in [0.15, 0.2) is 24.9 Å². The maximum absolute atomic E-state index is 3.83. The Balaban J connectivity index is 2.67. The minimum atomic E-state index is 0.374. The van der Waals surface area contributed by atoms with Gasteiger partial charge in [-0.1, -0.05) is 31.4 Å². The lowest BCUT2D eigenvalue weighted by Crippen LogP contribution is -2.44. The molecule has 1 heteroatoms. The topological polar surface area (TPSA) is 3.24 Å². The monoisotopic (exact) mass is 193 g/mol. The van der Waals surface area contributed by atoms with Gasteiger partial charge in [0.05, 0.1) is 0 Å². The van der Waals surface area contributed by atoms with Crippen molar-refractivity contribution in [2.24, 2.45) is 0 Å². The van der Waals surface area contributed by atoms with Crippen molar-refractivity contribution >= 4 is 0 Å². The Kier molecular flexibility index (Phi) is 4.24. The molecule has 0 spiro atoms. The molecule has 0 aromatic carbocycles. The van der Waals surface area contributed by atoms with Crippen molar-refractivity contribution in [1.82, 2.24) is 4.90 Å². The van der Waals surface area contributed by atoms with Gasteiger partial charge in [-0.3, -0.25) is 0 Å². The van der Waals surface area contributed by atoms with E-state index >= 15 is 0 Å². The summed E-state index contributed by atoms with van der Waals surface area (Å²) in [5, 5.41) is 0. The van der Waals surface area contributed by atoms with Crippen LogP contribution < -0.4 is 0 Å². The second kappa shape index (κ2) is 5.23. The maximum Gasteiger partial charge on any atom is 0.0372 e. The van der Waals surface area contributed by atoms with Crippen LogP contribution in [0.5, 0.6) is 0 Å². The zero-order valence-electron chi connectivity index (χ0n) is 9.63. The molecule has 80 valence electrons. The average Bonchev–Trinajstić information content (AvgIpc) is 2.19. The third-order valence-electron chi connectivity index (χ3n) is 3.28. The summed E-state index contributed by atoms with van der Waals surface area (Å²) in [5.41, 5.74) is 0.374. The molecule has 1 fully saturated rings. The Morgan fingerprint density at radius 2 is 1.93 bits per heavy atom. The van der Waals surface area contributed by atoms with Crippen LogP contribution in [-0.4, -0.2) is 17.0 Å². The Morgan fingerprint density at radius 3 is 2.43 bits per heavy atom. The highest BCUT2D eigenvalue weighted by atomic mass is 15.2. The lowest BCUT2D eigenvalue weighted by molar-refractivity contribution is 0.126. The van der Waals surface area contributed by atoms with E-state index in [0.717, 1.165) is 6.54 Å². The molecule has 1 aliphatic carbocycles. The number of nitrogens with zero attached hydrogens (tertiary/aromatic N) is 1. The Bertz CT molecular complexity index is 199. The molecule has 0 atom stereocenters. The smallest absolute Gasteiger partial charge is 0.0372 e. The van der Waals surface area contributed by atoms with E-state index in [4.69, 9.17) is 0 Å². The average molecular weight is 193 g/mol. The summed E-state index contributed by atoms with van der Waals surface area (Å²) >= 11 is 0. The Hall–Kier alpha value is -0.720. The maximum atomic E-state index is 3.83. The van der Waals surface area contributed by atoms with Crippen molar-refractivity contribution in [1.29, 1.82) is 0 Å². The summed E-state index contributed by atoms with van der Waals surface area (Å²) in [6, 6.07) is 0. The molecule has 1 saturated carbocycles. The molecule has 1 rings (SSSR count). The van der Waals surface area contributed by atoms with Gasteiger partial charge in [0, 0.05) is 12.1 Å². The standard InChI is InChI=1S/C13H23N/c1-4-11-14(12-5-2)13(3)9-7-6-8-10-13/h4-5,12H,1,6-11H2,2-3H3/b12-5-. The molecule has 14 heavy (non-hydrogen) atoms. The second-order valence-electron chi connectivity index (χ2n) is 4.48. The van der Waals surface area contributed by atoms with Gasteiger partial charge in [-0.25, -0.2) is 0 Å². The SMILES string of the molecule is C=CCN(/C=C\C)C1(C)CCCCC1. The van der Waals surface area contributed by atoms with E-state index in [1.54, 1.807) is 0 Å². The third-order valence-corrected chi connectivity index (χ3v) is 3.28. The van der Waals surface area contributed by atoms with Gasteiger partial charge in [-0.2, -0.15) is 0 Å². The predicted molar refractivity (Wildman–Crippen MR) is 63.2 cm³/mol. The predicted octanol–water partition coefficient (Wildman–Crippen LogP) is 3.73. The molecule has 0 amide bonds. The van der Waals surface area contributed by atoms with Gasteiger partial charge in [0.15, 0.2) is 0 Å². The first-order valence-corrected chi connectivity index (χ1v) is 5.73. The third kappa shape index (κ3) is 2.63. The van der Waals surface area contributed by atoms with E-state index in [1.807, 2.05) is 6.08 Å². The largest absolute Gasteiger partial charge is 0.369 e. The summed E-state index contributed by atoms with van der Waals surface area (Å²) in [5.74, 6) is 0. The minimum absolute atomic E-state index is 0.374. The normalized spacial score (nSPS) is 21.0. The molecule has 0 N–H and O–H groups in total. The van der Waals surface area contributed by atoms with E-state index < -0.39 is 0 Å². The quantitative estimate of drug-likeness (QED) is 0.615. The second-order valence-corrected chi connectivity index (χ2v) is 4.48. The van der Waals surface area contributed by atoms with Crippen LogP contribution in [0, 0.1) is 0 Å². The highest BCUT2D eigenvalue weighted by molar-refractivity contribution is 4.97. The molecular formula is C13H23N. The zero-order chi connectivity index (χ0) is 10.4. The number of allylic oxidation sites excluding steroid dienone is 1. The molecule has 0 heterocycles. The van der Waals surface area contributed by atoms with Crippen LogP contribution in [0.25, 0.3) is 0 Å². The fourth-order valence-corrected chi connectivity index (χ4v) is 2.38. The minimum Gasteiger partial charge on any atom is -0.369 e. The molecule has 0 radical (unpaired) electrons. The summed E-state index contributed by atoms with van der Waals surface area (Å²) in [6.45, 7) is 9.28. The summed E-state index contributed by atoms with van der Waals surface area (Å²) < 4.78 is 0. The van der Waals surface area contributed by atoms with Crippen LogP contribution in [-0.2, 0) is 0 Å². The first-order chi connectivity index (χ1) is 6.73. The van der Waals surface area contributed by atoms with Crippen LogP contribution in [0.1, 0.15) is 46.0 Å². The van der Waals surface area contributed by atoms with E-state index in [0.29, 0.717) is 5.54 Å². The van der Waals surface area contributed by atoms with Crippen molar-refractivity contribution < 1.29 is 0 Å². The van der Waals surface area contributed by atoms with E-state index in [9.17, 15) is 0 Å². The highest BCUT2D eigenvalue weighted by Gasteiger charge is 2.30. The van der Waals surface area contributed by atoms with Crippen molar-refractivity contribution in [3.05, 3.63) is 24.9 Å². The van der Waals surface area contributed by atoms with Gasteiger partial charge in [0.1, 0.15) is 0 Å². The van der Waals surface area contributed by atoms with Crippen molar-refractivity contribution in [3.8, 4) is 0 Å². The van der Waals surface area contributed by atoms with E-state index in [-0.39, 0.29) is 0 Å². The molecule has 0 aromatic heterocycles. The van der Waals surface area contributed by atoms with Gasteiger partial charge in [-0.05, 0) is 32.9 Å². The van der Waals surface area contributed by atoms with Crippen LogP contribution >= 0.6 is 0 Å². The Labute approximate surface area is 88.5 Å². The number of hydrogen-bond acceptors (Lipinski definition) is 1. The molecular weight excluding hydrogens is 170 g/mol. The first-order valence-electron chi connectivity index (χ1n) is 5.73. The Morgan fingerprint density at radius 1 is 1.29 bits per heavy atom. The molecule has 1 aliphatic rings. The fraction of sp³-hybridized carbons (Fsp3) is 0.692. The van der Waals surface area contributed by atoms with Crippen LogP contribution in [0.4, 0.5) is 0 Å². The lowest BCUT2D eigenvalue weighted by Gasteiger charge is -2.43. The van der Waals surface area contributed by atoms with Gasteiger partial charge in [-0.15, -0.1) is 6.58 Å². The number of rotatable bonds is 4. The van der Waals surface area contributed by atoms with Crippen molar-refractivity contribution in [2.75, 3.05) is 6.54 Å². The van der Waals surface area contributed by atoms with Gasteiger partial charge >= 0.3 is 0 Å². The summed E-state index contributed by atoms with van der Waals surface area (Å²) in [4.78, 5) is 2.44. The summed E-state index contributed by atoms with van der Waals surface area (Å²) in [7, 11) is 0. The molecule has 0 saturated heterocycles. The molecule has 1 nitrogen and oxygen atoms in total. The van der Waals surface area contributed by atoms with E-state index in [1.165, 1.54) is 32.1 Å². The number of hydrogen-bond donors (Lipinski definition) is 0. The summed E-state index contributed by atoms with van der Waals surface area (Å²) in [6.07, 6.45) is 13.2. The van der Waals surface area contributed by atoms with Gasteiger partial charge in [0.25, 0.3) is 0 Å². The fourth-order valence-electron chi connectivity index (χ4n) is 2.38. The highest BCUT2D eigenvalue weighted by Crippen LogP contribution is 2.33. The zero-order valence-corrected chi connectivity index (χ0v) is 9.63. The van der Waals surface area contributed by atoms with E-state index in [2.05, 4.69) is 37.6 Å². The lowest BCUT2D eigenvalue weighted by atomic mass is 9.82. The van der Waals surface area contributed by atoms with Crippen molar-refractivity contribution in [3.63, 3.8) is 0 Å². The molecule has 0 unspecified atom stereocenters. The van der Waals surface area contributed by atoms with Crippen molar-refractivity contribution in [2.45, 2.75) is 51.5 Å². The molecule has 0 aliphatic heterocycles. The van der Waals surface area contributed by atoms with Gasteiger partial charge in [0.2, 0.25) is 0 Å². The van der Waals surface area contributed by atoms with Crippen LogP contribution in [0.2, 0.25) is 0 Å². The molecule has 0 bridgehead atoms. The molecule has 0 aromatic rings.